The second-order valence-corrected chi connectivity index (χ2v) is 6.57. The predicted octanol–water partition coefficient (Wildman–Crippen LogP) is 1.53. The molecule has 0 radical (unpaired) electrons. The van der Waals surface area contributed by atoms with Gasteiger partial charge in [-0.3, -0.25) is 9.69 Å². The van der Waals surface area contributed by atoms with Crippen molar-refractivity contribution < 1.29 is 9.53 Å². The van der Waals surface area contributed by atoms with Gasteiger partial charge in [-0.2, -0.15) is 0 Å². The minimum absolute atomic E-state index is 0.0390. The van der Waals surface area contributed by atoms with Crippen LogP contribution in [0.1, 0.15) is 21.7 Å². The minimum atomic E-state index is 0.0390. The van der Waals surface area contributed by atoms with Gasteiger partial charge in [0, 0.05) is 30.0 Å². The zero-order chi connectivity index (χ0) is 16.2. The Morgan fingerprint density at radius 2 is 2.35 bits per heavy atom. The molecule has 2 aromatic rings. The molecule has 23 heavy (non-hydrogen) atoms. The van der Waals surface area contributed by atoms with Gasteiger partial charge in [0.1, 0.15) is 6.33 Å². The number of methoxy groups -OCH3 is 1. The molecule has 0 saturated heterocycles. The Labute approximate surface area is 139 Å². The Kier molecular flexibility index (Phi) is 4.88. The van der Waals surface area contributed by atoms with Crippen molar-refractivity contribution in [3.63, 3.8) is 0 Å². The lowest BCUT2D eigenvalue weighted by atomic mass is 10.1. The van der Waals surface area contributed by atoms with Gasteiger partial charge in [0.2, 0.25) is 11.8 Å². The van der Waals surface area contributed by atoms with Crippen LogP contribution in [0.4, 0.5) is 0 Å². The molecule has 1 amide bonds. The number of hydrogen-bond donors (Lipinski definition) is 1. The summed E-state index contributed by atoms with van der Waals surface area (Å²) in [6.45, 7) is 4.50. The van der Waals surface area contributed by atoms with Gasteiger partial charge in [-0.1, -0.05) is 0 Å². The molecular formula is C16H20N4O2S. The van der Waals surface area contributed by atoms with Crippen molar-refractivity contribution >= 4 is 17.2 Å². The average molecular weight is 332 g/mol. The normalized spacial score (nSPS) is 14.3. The Bertz CT molecular complexity index is 687. The van der Waals surface area contributed by atoms with Gasteiger partial charge >= 0.3 is 0 Å². The molecule has 3 heterocycles. The van der Waals surface area contributed by atoms with E-state index in [-0.39, 0.29) is 5.91 Å². The van der Waals surface area contributed by atoms with Crippen molar-refractivity contribution in [2.75, 3.05) is 20.2 Å². The second-order valence-electron chi connectivity index (χ2n) is 5.57. The third-order valence-electron chi connectivity index (χ3n) is 4.02. The van der Waals surface area contributed by atoms with Crippen LogP contribution >= 0.6 is 11.3 Å². The summed E-state index contributed by atoms with van der Waals surface area (Å²) in [5.41, 5.74) is 3.23. The third kappa shape index (κ3) is 3.68. The van der Waals surface area contributed by atoms with Gasteiger partial charge < -0.3 is 10.1 Å². The highest BCUT2D eigenvalue weighted by atomic mass is 32.1. The van der Waals surface area contributed by atoms with E-state index in [1.54, 1.807) is 18.4 Å². The van der Waals surface area contributed by atoms with E-state index < -0.39 is 0 Å². The van der Waals surface area contributed by atoms with Crippen molar-refractivity contribution in [3.05, 3.63) is 39.5 Å². The van der Waals surface area contributed by atoms with Crippen molar-refractivity contribution in [2.45, 2.75) is 26.4 Å². The number of nitrogens with zero attached hydrogens (tertiary/aromatic N) is 3. The van der Waals surface area contributed by atoms with Crippen LogP contribution in [0.2, 0.25) is 0 Å². The maximum Gasteiger partial charge on any atom is 0.234 e. The number of fused-ring (bicyclic) bond motifs is 1. The first-order valence-electron chi connectivity index (χ1n) is 7.56. The SMILES string of the molecule is COc1ncnc2c1CN(CC(=O)NCc1sccc1C)CC2. The monoisotopic (exact) mass is 332 g/mol. The number of carbonyl (C=O) groups excluding carboxylic acids is 1. The number of hydrogen-bond acceptors (Lipinski definition) is 6. The Morgan fingerprint density at radius 3 is 3.09 bits per heavy atom. The fraction of sp³-hybridized carbons (Fsp3) is 0.438. The summed E-state index contributed by atoms with van der Waals surface area (Å²) in [4.78, 5) is 23.9. The summed E-state index contributed by atoms with van der Waals surface area (Å²) < 4.78 is 5.30. The van der Waals surface area contributed by atoms with E-state index in [1.807, 2.05) is 5.38 Å². The second kappa shape index (κ2) is 7.06. The van der Waals surface area contributed by atoms with Gasteiger partial charge in [-0.25, -0.2) is 9.97 Å². The van der Waals surface area contributed by atoms with Gasteiger partial charge in [0.15, 0.2) is 0 Å². The topological polar surface area (TPSA) is 67.4 Å². The first-order chi connectivity index (χ1) is 11.2. The number of ether oxygens (including phenoxy) is 1. The van der Waals surface area contributed by atoms with E-state index in [0.717, 1.165) is 24.2 Å². The smallest absolute Gasteiger partial charge is 0.234 e. The van der Waals surface area contributed by atoms with Gasteiger partial charge in [0.25, 0.3) is 0 Å². The van der Waals surface area contributed by atoms with Crippen molar-refractivity contribution in [2.24, 2.45) is 0 Å². The largest absolute Gasteiger partial charge is 0.481 e. The predicted molar refractivity (Wildman–Crippen MR) is 88.5 cm³/mol. The number of carbonyl (C=O) groups is 1. The quantitative estimate of drug-likeness (QED) is 0.899. The van der Waals surface area contributed by atoms with Crippen LogP contribution in [-0.4, -0.2) is 41.0 Å². The summed E-state index contributed by atoms with van der Waals surface area (Å²) in [5, 5.41) is 5.04. The lowest BCUT2D eigenvalue weighted by Gasteiger charge is -2.27. The number of aryl methyl sites for hydroxylation is 1. The zero-order valence-corrected chi connectivity index (χ0v) is 14.2. The summed E-state index contributed by atoms with van der Waals surface area (Å²) in [5.74, 6) is 0.645. The number of rotatable bonds is 5. The molecule has 0 spiro atoms. The lowest BCUT2D eigenvalue weighted by molar-refractivity contribution is -0.122. The molecule has 6 nitrogen and oxygen atoms in total. The summed E-state index contributed by atoms with van der Waals surface area (Å²) in [6.07, 6.45) is 2.34. The van der Waals surface area contributed by atoms with Crippen LogP contribution in [0.25, 0.3) is 0 Å². The molecule has 3 rings (SSSR count). The maximum atomic E-state index is 12.2. The first kappa shape index (κ1) is 15.9. The molecular weight excluding hydrogens is 312 g/mol. The van der Waals surface area contributed by atoms with Crippen molar-refractivity contribution in [3.8, 4) is 5.88 Å². The molecule has 0 fully saturated rings. The molecule has 7 heteroatoms. The van der Waals surface area contributed by atoms with Crippen LogP contribution < -0.4 is 10.1 Å². The highest BCUT2D eigenvalue weighted by Crippen LogP contribution is 2.23. The molecule has 0 bridgehead atoms. The van der Waals surface area contributed by atoms with E-state index in [1.165, 1.54) is 16.8 Å². The average Bonchev–Trinajstić information content (AvgIpc) is 2.97. The van der Waals surface area contributed by atoms with E-state index in [4.69, 9.17) is 4.74 Å². The van der Waals surface area contributed by atoms with Gasteiger partial charge in [-0.15, -0.1) is 11.3 Å². The molecule has 0 aliphatic carbocycles. The molecule has 1 aliphatic heterocycles. The fourth-order valence-corrected chi connectivity index (χ4v) is 3.55. The molecule has 0 saturated carbocycles. The van der Waals surface area contributed by atoms with Gasteiger partial charge in [-0.05, 0) is 23.9 Å². The third-order valence-corrected chi connectivity index (χ3v) is 5.04. The molecule has 1 N–H and O–H groups in total. The molecule has 0 aromatic carbocycles. The number of aromatic nitrogens is 2. The van der Waals surface area contributed by atoms with E-state index in [2.05, 4.69) is 33.2 Å². The van der Waals surface area contributed by atoms with Crippen molar-refractivity contribution in [1.82, 2.24) is 20.2 Å². The first-order valence-corrected chi connectivity index (χ1v) is 8.44. The van der Waals surface area contributed by atoms with Crippen molar-refractivity contribution in [1.29, 1.82) is 0 Å². The van der Waals surface area contributed by atoms with Crippen LogP contribution in [0.5, 0.6) is 5.88 Å². The lowest BCUT2D eigenvalue weighted by Crippen LogP contribution is -2.40. The highest BCUT2D eigenvalue weighted by molar-refractivity contribution is 7.10. The van der Waals surface area contributed by atoms with Gasteiger partial charge in [0.05, 0.1) is 25.9 Å². The highest BCUT2D eigenvalue weighted by Gasteiger charge is 2.23. The zero-order valence-electron chi connectivity index (χ0n) is 13.3. The molecule has 2 aromatic heterocycles. The van der Waals surface area contributed by atoms with Crippen LogP contribution in [0.15, 0.2) is 17.8 Å². The number of nitrogens with one attached hydrogen (secondary N) is 1. The van der Waals surface area contributed by atoms with E-state index in [0.29, 0.717) is 25.5 Å². The molecule has 0 unspecified atom stereocenters. The summed E-state index contributed by atoms with van der Waals surface area (Å²) >= 11 is 1.67. The molecule has 0 atom stereocenters. The number of amides is 1. The summed E-state index contributed by atoms with van der Waals surface area (Å²) in [7, 11) is 1.61. The Morgan fingerprint density at radius 1 is 1.48 bits per heavy atom. The minimum Gasteiger partial charge on any atom is -0.481 e. The fourth-order valence-electron chi connectivity index (χ4n) is 2.71. The maximum absolute atomic E-state index is 12.2. The summed E-state index contributed by atoms with van der Waals surface area (Å²) in [6, 6.07) is 2.07. The Hall–Kier alpha value is -1.99. The Balaban J connectivity index is 1.57. The van der Waals surface area contributed by atoms with Crippen LogP contribution in [-0.2, 0) is 24.3 Å². The van der Waals surface area contributed by atoms with E-state index >= 15 is 0 Å². The standard InChI is InChI=1S/C16H20N4O2S/c1-11-4-6-23-14(11)7-17-15(21)9-20-5-3-13-12(8-20)16(22-2)19-10-18-13/h4,6,10H,3,5,7-9H2,1-2H3,(H,17,21). The molecule has 122 valence electrons. The van der Waals surface area contributed by atoms with Crippen LogP contribution in [0.3, 0.4) is 0 Å². The van der Waals surface area contributed by atoms with Crippen LogP contribution in [0, 0.1) is 6.92 Å². The van der Waals surface area contributed by atoms with E-state index in [9.17, 15) is 4.79 Å². The molecule has 1 aliphatic rings. The number of thiophene rings is 1.